The highest BCUT2D eigenvalue weighted by Crippen LogP contribution is 2.31. The topological polar surface area (TPSA) is 104 Å². The van der Waals surface area contributed by atoms with Gasteiger partial charge < -0.3 is 20.8 Å². The SMILES string of the molecule is NC(=O)[C@H](O)[C@@H](O)C(=O)N(C1CCCCC1)C1CCCCC1. The molecule has 0 saturated heterocycles. The van der Waals surface area contributed by atoms with Crippen molar-refractivity contribution in [1.82, 2.24) is 4.90 Å². The molecule has 2 saturated carbocycles. The number of carbonyl (C=O) groups is 2. The Bertz CT molecular complexity index is 372. The number of aliphatic hydroxyl groups excluding tert-OH is 2. The van der Waals surface area contributed by atoms with Crippen LogP contribution < -0.4 is 5.73 Å². The smallest absolute Gasteiger partial charge is 0.255 e. The number of rotatable bonds is 5. The molecular weight excluding hydrogens is 284 g/mol. The first-order chi connectivity index (χ1) is 10.5. The molecule has 0 aromatic rings. The van der Waals surface area contributed by atoms with Gasteiger partial charge in [-0.3, -0.25) is 9.59 Å². The minimum absolute atomic E-state index is 0.110. The van der Waals surface area contributed by atoms with Gasteiger partial charge in [0.25, 0.3) is 5.91 Å². The van der Waals surface area contributed by atoms with E-state index in [9.17, 15) is 19.8 Å². The fraction of sp³-hybridized carbons (Fsp3) is 0.875. The van der Waals surface area contributed by atoms with Crippen LogP contribution in [0.5, 0.6) is 0 Å². The molecule has 0 bridgehead atoms. The van der Waals surface area contributed by atoms with Gasteiger partial charge in [0.1, 0.15) is 0 Å². The van der Waals surface area contributed by atoms with E-state index in [0.717, 1.165) is 51.4 Å². The molecule has 2 rings (SSSR count). The number of amides is 2. The summed E-state index contributed by atoms with van der Waals surface area (Å²) in [5, 5.41) is 19.7. The van der Waals surface area contributed by atoms with Gasteiger partial charge in [-0.2, -0.15) is 0 Å². The zero-order valence-electron chi connectivity index (χ0n) is 13.1. The normalized spacial score (nSPS) is 23.7. The maximum Gasteiger partial charge on any atom is 0.255 e. The first-order valence-electron chi connectivity index (χ1n) is 8.50. The molecule has 2 aliphatic carbocycles. The third-order valence-electron chi connectivity index (χ3n) is 5.03. The molecule has 2 fully saturated rings. The van der Waals surface area contributed by atoms with E-state index >= 15 is 0 Å². The summed E-state index contributed by atoms with van der Waals surface area (Å²) in [6.07, 6.45) is 6.82. The molecule has 6 heteroatoms. The van der Waals surface area contributed by atoms with E-state index in [1.54, 1.807) is 4.90 Å². The van der Waals surface area contributed by atoms with Crippen LogP contribution in [-0.4, -0.2) is 51.2 Å². The average Bonchev–Trinajstić information content (AvgIpc) is 2.55. The standard InChI is InChI=1S/C16H28N2O4/c17-15(21)13(19)14(20)16(22)18(11-7-3-1-4-8-11)12-9-5-2-6-10-12/h11-14,19-20H,1-10H2,(H2,17,21)/t13-,14-/m1/s1. The summed E-state index contributed by atoms with van der Waals surface area (Å²) in [7, 11) is 0. The molecule has 6 nitrogen and oxygen atoms in total. The molecule has 0 unspecified atom stereocenters. The molecule has 0 heterocycles. The molecule has 2 amide bonds. The molecule has 0 spiro atoms. The highest BCUT2D eigenvalue weighted by molar-refractivity contribution is 5.90. The van der Waals surface area contributed by atoms with Gasteiger partial charge >= 0.3 is 0 Å². The third-order valence-corrected chi connectivity index (χ3v) is 5.03. The first-order valence-corrected chi connectivity index (χ1v) is 8.50. The lowest BCUT2D eigenvalue weighted by Crippen LogP contribution is -2.56. The minimum Gasteiger partial charge on any atom is -0.380 e. The molecule has 0 aliphatic heterocycles. The van der Waals surface area contributed by atoms with Crippen molar-refractivity contribution in [2.45, 2.75) is 88.5 Å². The fourth-order valence-electron chi connectivity index (χ4n) is 3.82. The minimum atomic E-state index is -1.83. The lowest BCUT2D eigenvalue weighted by Gasteiger charge is -2.42. The Morgan fingerprint density at radius 2 is 1.23 bits per heavy atom. The van der Waals surface area contributed by atoms with Gasteiger partial charge in [-0.25, -0.2) is 0 Å². The Hall–Kier alpha value is -1.14. The largest absolute Gasteiger partial charge is 0.380 e. The van der Waals surface area contributed by atoms with Crippen LogP contribution in [0, 0.1) is 0 Å². The number of nitrogens with zero attached hydrogens (tertiary/aromatic N) is 1. The summed E-state index contributed by atoms with van der Waals surface area (Å²) < 4.78 is 0. The Morgan fingerprint density at radius 3 is 1.59 bits per heavy atom. The summed E-state index contributed by atoms with van der Waals surface area (Å²) in [6, 6.07) is 0.221. The molecule has 22 heavy (non-hydrogen) atoms. The van der Waals surface area contributed by atoms with E-state index in [2.05, 4.69) is 0 Å². The van der Waals surface area contributed by atoms with Crippen molar-refractivity contribution in [1.29, 1.82) is 0 Å². The number of primary amides is 1. The van der Waals surface area contributed by atoms with E-state index in [0.29, 0.717) is 0 Å². The summed E-state index contributed by atoms with van der Waals surface area (Å²) in [5.74, 6) is -1.60. The van der Waals surface area contributed by atoms with E-state index in [4.69, 9.17) is 5.73 Å². The predicted octanol–water partition coefficient (Wildman–Crippen LogP) is 0.687. The van der Waals surface area contributed by atoms with Crippen LogP contribution in [0.2, 0.25) is 0 Å². The van der Waals surface area contributed by atoms with Crippen molar-refractivity contribution < 1.29 is 19.8 Å². The monoisotopic (exact) mass is 312 g/mol. The van der Waals surface area contributed by atoms with Crippen LogP contribution in [0.3, 0.4) is 0 Å². The number of hydrogen-bond donors (Lipinski definition) is 3. The van der Waals surface area contributed by atoms with E-state index < -0.39 is 24.0 Å². The third kappa shape index (κ3) is 3.98. The van der Waals surface area contributed by atoms with Gasteiger partial charge in [0.2, 0.25) is 5.91 Å². The number of aliphatic hydroxyl groups is 2. The van der Waals surface area contributed by atoms with Crippen LogP contribution in [0.4, 0.5) is 0 Å². The fourth-order valence-corrected chi connectivity index (χ4v) is 3.82. The first kappa shape index (κ1) is 17.2. The second kappa shape index (κ2) is 7.92. The highest BCUT2D eigenvalue weighted by atomic mass is 16.3. The van der Waals surface area contributed by atoms with Crippen molar-refractivity contribution in [3.63, 3.8) is 0 Å². The van der Waals surface area contributed by atoms with E-state index in [-0.39, 0.29) is 12.1 Å². The lowest BCUT2D eigenvalue weighted by molar-refractivity contribution is -0.157. The molecular formula is C16H28N2O4. The van der Waals surface area contributed by atoms with E-state index in [1.165, 1.54) is 12.8 Å². The predicted molar refractivity (Wildman–Crippen MR) is 81.8 cm³/mol. The average molecular weight is 312 g/mol. The van der Waals surface area contributed by atoms with Gasteiger partial charge in [0.15, 0.2) is 12.2 Å². The van der Waals surface area contributed by atoms with Crippen molar-refractivity contribution in [2.24, 2.45) is 5.73 Å². The molecule has 126 valence electrons. The Balaban J connectivity index is 2.14. The maximum atomic E-state index is 12.7. The zero-order valence-corrected chi connectivity index (χ0v) is 13.1. The van der Waals surface area contributed by atoms with Crippen LogP contribution in [0.25, 0.3) is 0 Å². The molecule has 4 N–H and O–H groups in total. The van der Waals surface area contributed by atoms with Crippen molar-refractivity contribution in [2.75, 3.05) is 0 Å². The Labute approximate surface area is 131 Å². The van der Waals surface area contributed by atoms with Gasteiger partial charge in [0, 0.05) is 12.1 Å². The summed E-state index contributed by atoms with van der Waals surface area (Å²) in [5.41, 5.74) is 5.01. The summed E-state index contributed by atoms with van der Waals surface area (Å²) >= 11 is 0. The number of nitrogens with two attached hydrogens (primary N) is 1. The zero-order chi connectivity index (χ0) is 16.1. The Morgan fingerprint density at radius 1 is 0.818 bits per heavy atom. The number of hydrogen-bond acceptors (Lipinski definition) is 4. The molecule has 0 aromatic carbocycles. The molecule has 2 aliphatic rings. The molecule has 0 aromatic heterocycles. The summed E-state index contributed by atoms with van der Waals surface area (Å²) in [6.45, 7) is 0. The van der Waals surface area contributed by atoms with Gasteiger partial charge in [-0.15, -0.1) is 0 Å². The maximum absolute atomic E-state index is 12.7. The van der Waals surface area contributed by atoms with E-state index in [1.807, 2.05) is 0 Å². The van der Waals surface area contributed by atoms with Gasteiger partial charge in [-0.1, -0.05) is 38.5 Å². The van der Waals surface area contributed by atoms with Gasteiger partial charge in [-0.05, 0) is 25.7 Å². The second-order valence-electron chi connectivity index (χ2n) is 6.62. The quantitative estimate of drug-likeness (QED) is 0.694. The molecule has 0 radical (unpaired) electrons. The lowest BCUT2D eigenvalue weighted by atomic mass is 9.88. The van der Waals surface area contributed by atoms with Crippen molar-refractivity contribution in [3.05, 3.63) is 0 Å². The highest BCUT2D eigenvalue weighted by Gasteiger charge is 2.39. The van der Waals surface area contributed by atoms with Crippen LogP contribution in [0.1, 0.15) is 64.2 Å². The van der Waals surface area contributed by atoms with Gasteiger partial charge in [0.05, 0.1) is 0 Å². The van der Waals surface area contributed by atoms with Crippen LogP contribution in [0.15, 0.2) is 0 Å². The van der Waals surface area contributed by atoms with Crippen LogP contribution in [-0.2, 0) is 9.59 Å². The summed E-state index contributed by atoms with van der Waals surface area (Å²) in [4.78, 5) is 25.5. The molecule has 2 atom stereocenters. The van der Waals surface area contributed by atoms with Crippen molar-refractivity contribution in [3.8, 4) is 0 Å². The number of carbonyl (C=O) groups excluding carboxylic acids is 2. The Kier molecular flexibility index (Phi) is 6.20. The van der Waals surface area contributed by atoms with Crippen LogP contribution >= 0.6 is 0 Å². The van der Waals surface area contributed by atoms with Crippen molar-refractivity contribution >= 4 is 11.8 Å². The second-order valence-corrected chi connectivity index (χ2v) is 6.62.